The Balaban J connectivity index is 1.29. The van der Waals surface area contributed by atoms with Crippen LogP contribution < -0.4 is 43.4 Å². The van der Waals surface area contributed by atoms with Crippen molar-refractivity contribution in [2.24, 2.45) is 11.5 Å². The third-order valence-electron chi connectivity index (χ3n) is 12.2. The van der Waals surface area contributed by atoms with Crippen LogP contribution in [0.3, 0.4) is 0 Å². The highest BCUT2D eigenvalue weighted by Gasteiger charge is 2.36. The Hall–Kier alpha value is -7.31. The van der Waals surface area contributed by atoms with E-state index in [9.17, 15) is 28.8 Å². The van der Waals surface area contributed by atoms with Gasteiger partial charge in [-0.15, -0.1) is 0 Å². The molecule has 3 aromatic carbocycles. The van der Waals surface area contributed by atoms with Gasteiger partial charge in [0.2, 0.25) is 35.4 Å². The van der Waals surface area contributed by atoms with E-state index in [2.05, 4.69) is 51.8 Å². The fourth-order valence-electron chi connectivity index (χ4n) is 8.50. The molecular formula is C49H60N12O6. The van der Waals surface area contributed by atoms with E-state index >= 15 is 0 Å². The zero-order valence-corrected chi connectivity index (χ0v) is 37.3. The van der Waals surface area contributed by atoms with Gasteiger partial charge in [-0.05, 0) is 80.4 Å². The number of hydrogen-bond donors (Lipinski definition) is 11. The Morgan fingerprint density at radius 3 is 1.28 bits per heavy atom. The second-order valence-electron chi connectivity index (χ2n) is 17.0. The Morgan fingerprint density at radius 1 is 0.433 bits per heavy atom. The number of nitrogens with zero attached hydrogens (tertiary/aromatic N) is 1. The van der Waals surface area contributed by atoms with Gasteiger partial charge in [0.25, 0.3) is 0 Å². The molecule has 0 saturated carbocycles. The number of amides is 6. The number of carbonyl (C=O) groups is 6. The zero-order chi connectivity index (χ0) is 47.1. The van der Waals surface area contributed by atoms with E-state index in [4.69, 9.17) is 11.5 Å². The van der Waals surface area contributed by atoms with Crippen molar-refractivity contribution in [3.63, 3.8) is 0 Å². The van der Waals surface area contributed by atoms with Crippen molar-refractivity contribution in [3.05, 3.63) is 126 Å². The Morgan fingerprint density at radius 2 is 0.836 bits per heavy atom. The molecule has 18 nitrogen and oxygen atoms in total. The summed E-state index contributed by atoms with van der Waals surface area (Å²) in [6, 6.07) is 16.9. The summed E-state index contributed by atoms with van der Waals surface area (Å²) < 4.78 is 0. The minimum Gasteiger partial charge on any atom is -0.361 e. The minimum atomic E-state index is -1.28. The van der Waals surface area contributed by atoms with Crippen molar-refractivity contribution in [3.8, 4) is 0 Å². The number of aromatic amines is 3. The van der Waals surface area contributed by atoms with Gasteiger partial charge in [0.15, 0.2) is 0 Å². The molecule has 1 aliphatic rings. The highest BCUT2D eigenvalue weighted by Crippen LogP contribution is 2.22. The van der Waals surface area contributed by atoms with Gasteiger partial charge in [0.1, 0.15) is 36.3 Å². The highest BCUT2D eigenvalue weighted by molar-refractivity contribution is 5.99. The van der Waals surface area contributed by atoms with Gasteiger partial charge in [-0.1, -0.05) is 66.7 Å². The highest BCUT2D eigenvalue weighted by atomic mass is 16.2. The molecule has 352 valence electrons. The van der Waals surface area contributed by atoms with Crippen molar-refractivity contribution in [2.45, 2.75) is 100 Å². The quantitative estimate of drug-likeness (QED) is 0.0631. The van der Waals surface area contributed by atoms with Crippen LogP contribution in [0.25, 0.3) is 21.8 Å². The number of aromatic nitrogens is 4. The number of imidazole rings is 1. The van der Waals surface area contributed by atoms with Gasteiger partial charge in [-0.3, -0.25) is 28.8 Å². The van der Waals surface area contributed by atoms with Crippen molar-refractivity contribution in [1.29, 1.82) is 0 Å². The van der Waals surface area contributed by atoms with Crippen molar-refractivity contribution >= 4 is 57.2 Å². The van der Waals surface area contributed by atoms with Gasteiger partial charge in [-0.2, -0.15) is 0 Å². The van der Waals surface area contributed by atoms with Crippen LogP contribution in [-0.4, -0.2) is 105 Å². The number of para-hydroxylation sites is 2. The lowest BCUT2D eigenvalue weighted by atomic mass is 9.99. The number of unbranched alkanes of at least 4 members (excludes halogenated alkanes) is 2. The Bertz CT molecular complexity index is 2610. The summed E-state index contributed by atoms with van der Waals surface area (Å²) in [6.45, 7) is 0.698. The number of H-pyrrole nitrogens is 3. The fraction of sp³-hybridized carbons (Fsp3) is 0.367. The van der Waals surface area contributed by atoms with Crippen LogP contribution in [-0.2, 0) is 54.5 Å². The second kappa shape index (κ2) is 23.2. The van der Waals surface area contributed by atoms with Crippen LogP contribution in [0, 0.1) is 0 Å². The average molecular weight is 913 g/mol. The molecule has 1 fully saturated rings. The Kier molecular flexibility index (Phi) is 16.5. The first kappa shape index (κ1) is 47.6. The Labute approximate surface area is 388 Å². The third kappa shape index (κ3) is 12.7. The van der Waals surface area contributed by atoms with Crippen LogP contribution >= 0.6 is 0 Å². The molecule has 0 bridgehead atoms. The number of hydrogen-bond acceptors (Lipinski definition) is 9. The molecular weight excluding hydrogens is 853 g/mol. The molecule has 6 amide bonds. The number of carbonyl (C=O) groups excluding carboxylic acids is 6. The smallest absolute Gasteiger partial charge is 0.243 e. The molecule has 18 heteroatoms. The lowest BCUT2D eigenvalue weighted by Crippen LogP contribution is -2.62. The van der Waals surface area contributed by atoms with Crippen LogP contribution in [0.1, 0.15) is 60.9 Å². The van der Waals surface area contributed by atoms with Crippen molar-refractivity contribution < 1.29 is 28.8 Å². The first-order chi connectivity index (χ1) is 32.6. The molecule has 0 aliphatic carbocycles. The lowest BCUT2D eigenvalue weighted by Gasteiger charge is -2.29. The zero-order valence-electron chi connectivity index (χ0n) is 37.3. The molecule has 7 rings (SSSR count). The van der Waals surface area contributed by atoms with Crippen LogP contribution in [0.4, 0.5) is 0 Å². The van der Waals surface area contributed by atoms with Gasteiger partial charge in [0.05, 0.1) is 6.33 Å². The molecule has 6 atom stereocenters. The van der Waals surface area contributed by atoms with E-state index in [0.717, 1.165) is 38.5 Å². The topological polar surface area (TPSA) is 287 Å². The molecule has 0 radical (unpaired) electrons. The molecule has 6 aromatic rings. The van der Waals surface area contributed by atoms with Gasteiger partial charge < -0.3 is 58.3 Å². The SMILES string of the molecule is NCCCC[C@@H]1NC(=O)[C@@H](CCCCN)NC(=O)[C@H](Cc2c[nH]c3ccccc23)NC(=O)[C@@H](Cc2cnc[nH]2)NC(=O)[C@H](Cc2ccccc2)NC(=O)[C@@H](Cc2c[nH]c3ccccc23)NC1=O. The molecule has 13 N–H and O–H groups in total. The number of benzene rings is 3. The van der Waals surface area contributed by atoms with E-state index < -0.39 is 71.7 Å². The number of nitrogens with two attached hydrogens (primary N) is 2. The maximum Gasteiger partial charge on any atom is 0.243 e. The van der Waals surface area contributed by atoms with E-state index in [1.807, 2.05) is 78.9 Å². The standard InChI is InChI=1S/C49H60N12O6/c50-20-10-8-18-38-44(62)56-39(19-9-11-21-51)45(63)59-42(24-32-27-54-37-17-7-5-15-35(32)37)48(66)58-40(22-30-12-2-1-3-13-30)46(64)61-43(25-33-28-52-29-55-33)49(67)60-41(47(65)57-38)23-31-26-53-36-16-6-4-14-34(31)36/h1-7,12-17,26-29,38-43,53-54H,8-11,18-25,50-51H2,(H,52,55)(H,56,62)(H,57,65)(H,58,66)(H,59,63)(H,60,67)(H,61,64)/t38-,39+,40+,41+,42-,43-/m1/s1. The van der Waals surface area contributed by atoms with Gasteiger partial charge in [-0.25, -0.2) is 4.98 Å². The van der Waals surface area contributed by atoms with Crippen molar-refractivity contribution in [1.82, 2.24) is 51.8 Å². The molecule has 4 heterocycles. The summed E-state index contributed by atoms with van der Waals surface area (Å²) in [5.74, 6) is -3.95. The lowest BCUT2D eigenvalue weighted by molar-refractivity contribution is -0.136. The first-order valence-electron chi connectivity index (χ1n) is 22.9. The monoisotopic (exact) mass is 912 g/mol. The number of rotatable bonds is 16. The maximum atomic E-state index is 14.7. The summed E-state index contributed by atoms with van der Waals surface area (Å²) in [4.78, 5) is 101. The second-order valence-corrected chi connectivity index (χ2v) is 17.0. The van der Waals surface area contributed by atoms with Crippen molar-refractivity contribution in [2.75, 3.05) is 13.1 Å². The molecule has 1 aliphatic heterocycles. The fourth-order valence-corrected chi connectivity index (χ4v) is 8.50. The minimum absolute atomic E-state index is 0.0120. The summed E-state index contributed by atoms with van der Waals surface area (Å²) in [5, 5.41) is 19.0. The predicted molar refractivity (Wildman–Crippen MR) is 254 cm³/mol. The van der Waals surface area contributed by atoms with E-state index in [1.54, 1.807) is 12.4 Å². The van der Waals surface area contributed by atoms with Gasteiger partial charge in [0, 0.05) is 71.8 Å². The third-order valence-corrected chi connectivity index (χ3v) is 12.2. The van der Waals surface area contributed by atoms with Crippen LogP contribution in [0.2, 0.25) is 0 Å². The van der Waals surface area contributed by atoms with E-state index in [-0.39, 0.29) is 38.5 Å². The molecule has 0 unspecified atom stereocenters. The summed E-state index contributed by atoms with van der Waals surface area (Å²) in [5.41, 5.74) is 16.0. The predicted octanol–water partition coefficient (Wildman–Crippen LogP) is 1.82. The first-order valence-corrected chi connectivity index (χ1v) is 22.9. The molecule has 3 aromatic heterocycles. The normalized spacial score (nSPS) is 21.4. The van der Waals surface area contributed by atoms with Gasteiger partial charge >= 0.3 is 0 Å². The summed E-state index contributed by atoms with van der Waals surface area (Å²) >= 11 is 0. The molecule has 67 heavy (non-hydrogen) atoms. The maximum absolute atomic E-state index is 14.7. The van der Waals surface area contributed by atoms with E-state index in [0.29, 0.717) is 44.5 Å². The van der Waals surface area contributed by atoms with Crippen LogP contribution in [0.15, 0.2) is 104 Å². The molecule has 1 saturated heterocycles. The molecule has 0 spiro atoms. The summed E-state index contributed by atoms with van der Waals surface area (Å²) in [6.07, 6.45) is 8.90. The largest absolute Gasteiger partial charge is 0.361 e. The van der Waals surface area contributed by atoms with E-state index in [1.165, 1.54) is 12.5 Å². The summed E-state index contributed by atoms with van der Waals surface area (Å²) in [7, 11) is 0. The average Bonchev–Trinajstić information content (AvgIpc) is 4.11. The number of fused-ring (bicyclic) bond motifs is 2. The number of nitrogens with one attached hydrogen (secondary N) is 9. The van der Waals surface area contributed by atoms with Crippen LogP contribution in [0.5, 0.6) is 0 Å².